The van der Waals surface area contributed by atoms with Crippen molar-refractivity contribution < 1.29 is 0 Å². The third kappa shape index (κ3) is 4.15. The molecule has 5 N–H and O–H groups in total. The average molecular weight is 452 g/mol. The Hall–Kier alpha value is -3.71. The van der Waals surface area contributed by atoms with Crippen LogP contribution in [0.3, 0.4) is 0 Å². The molecule has 0 aromatic carbocycles. The number of aromatic nitrogens is 5. The van der Waals surface area contributed by atoms with Crippen LogP contribution in [0.4, 0.5) is 0 Å². The van der Waals surface area contributed by atoms with Gasteiger partial charge in [-0.3, -0.25) is 15.1 Å². The zero-order valence-corrected chi connectivity index (χ0v) is 19.1. The van der Waals surface area contributed by atoms with Gasteiger partial charge in [-0.2, -0.15) is 5.10 Å². The van der Waals surface area contributed by atoms with E-state index in [-0.39, 0.29) is 0 Å². The molecule has 4 aromatic heterocycles. The van der Waals surface area contributed by atoms with E-state index in [0.717, 1.165) is 69.5 Å². The number of pyridine rings is 2. The number of nitrogens with two attached hydrogens (primary N) is 1. The first kappa shape index (κ1) is 20.9. The summed E-state index contributed by atoms with van der Waals surface area (Å²) in [4.78, 5) is 12.7. The van der Waals surface area contributed by atoms with Gasteiger partial charge in [0.2, 0.25) is 0 Å². The number of nitrogens with zero attached hydrogens (tertiary/aromatic N) is 3. The topological polar surface area (TPSA) is 108 Å². The second-order valence-corrected chi connectivity index (χ2v) is 9.44. The first-order chi connectivity index (χ1) is 16.7. The summed E-state index contributed by atoms with van der Waals surface area (Å²) in [5.41, 5.74) is 15.0. The number of rotatable bonds is 6. The summed E-state index contributed by atoms with van der Waals surface area (Å²) >= 11 is 0. The molecule has 4 aromatic rings. The second kappa shape index (κ2) is 8.91. The molecule has 2 aliphatic rings. The SMILES string of the molecule is NC1=CC=Cc2cc(-c3n[nH]c4cnc(-c5cncc(CNCC6CCCC6)c5)cc34)[nH]c2C1. The molecular weight excluding hydrogens is 422 g/mol. The van der Waals surface area contributed by atoms with Gasteiger partial charge in [-0.15, -0.1) is 0 Å². The zero-order chi connectivity index (χ0) is 22.9. The monoisotopic (exact) mass is 451 g/mol. The van der Waals surface area contributed by atoms with Gasteiger partial charge in [-0.05, 0) is 60.7 Å². The number of hydrogen-bond acceptors (Lipinski definition) is 5. The Labute approximate surface area is 198 Å². The molecule has 172 valence electrons. The molecule has 4 heterocycles. The van der Waals surface area contributed by atoms with Crippen LogP contribution in [0.1, 0.15) is 42.5 Å². The Morgan fingerprint density at radius 2 is 2.00 bits per heavy atom. The lowest BCUT2D eigenvalue weighted by molar-refractivity contribution is 0.489. The molecule has 0 aliphatic heterocycles. The predicted molar refractivity (Wildman–Crippen MR) is 136 cm³/mol. The number of H-pyrrole nitrogens is 2. The third-order valence-electron chi connectivity index (χ3n) is 6.93. The van der Waals surface area contributed by atoms with Crippen LogP contribution >= 0.6 is 0 Å². The number of nitrogens with one attached hydrogen (secondary N) is 3. The Morgan fingerprint density at radius 1 is 1.09 bits per heavy atom. The van der Waals surface area contributed by atoms with Gasteiger partial charge in [0, 0.05) is 47.7 Å². The molecule has 6 rings (SSSR count). The van der Waals surface area contributed by atoms with Gasteiger partial charge >= 0.3 is 0 Å². The summed E-state index contributed by atoms with van der Waals surface area (Å²) in [6, 6.07) is 6.41. The van der Waals surface area contributed by atoms with E-state index >= 15 is 0 Å². The predicted octanol–water partition coefficient (Wildman–Crippen LogP) is 4.71. The highest BCUT2D eigenvalue weighted by atomic mass is 15.1. The Balaban J connectivity index is 1.26. The number of aromatic amines is 2. The molecule has 7 heteroatoms. The first-order valence-electron chi connectivity index (χ1n) is 12.1. The Morgan fingerprint density at radius 3 is 2.91 bits per heavy atom. The molecule has 0 unspecified atom stereocenters. The average Bonchev–Trinajstić information content (AvgIpc) is 3.58. The van der Waals surface area contributed by atoms with Crippen molar-refractivity contribution in [1.82, 2.24) is 30.5 Å². The maximum absolute atomic E-state index is 6.08. The van der Waals surface area contributed by atoms with Crippen LogP contribution in [0.2, 0.25) is 0 Å². The van der Waals surface area contributed by atoms with E-state index in [9.17, 15) is 0 Å². The summed E-state index contributed by atoms with van der Waals surface area (Å²) in [6.07, 6.45) is 17.8. The van der Waals surface area contributed by atoms with Gasteiger partial charge in [0.05, 0.1) is 23.1 Å². The maximum atomic E-state index is 6.08. The lowest BCUT2D eigenvalue weighted by Crippen LogP contribution is -2.20. The van der Waals surface area contributed by atoms with Crippen LogP contribution in [-0.2, 0) is 13.0 Å². The van der Waals surface area contributed by atoms with E-state index in [1.165, 1.54) is 31.2 Å². The summed E-state index contributed by atoms with van der Waals surface area (Å²) in [7, 11) is 0. The minimum Gasteiger partial charge on any atom is -0.402 e. The van der Waals surface area contributed by atoms with Crippen LogP contribution in [0.15, 0.2) is 54.6 Å². The molecule has 0 amide bonds. The van der Waals surface area contributed by atoms with Crippen LogP contribution in [-0.4, -0.2) is 31.7 Å². The highest BCUT2D eigenvalue weighted by Crippen LogP contribution is 2.31. The van der Waals surface area contributed by atoms with Gasteiger partial charge in [0.25, 0.3) is 0 Å². The minimum atomic E-state index is 0.699. The van der Waals surface area contributed by atoms with Crippen LogP contribution in [0.25, 0.3) is 39.6 Å². The fourth-order valence-corrected chi connectivity index (χ4v) is 5.11. The van der Waals surface area contributed by atoms with E-state index < -0.39 is 0 Å². The summed E-state index contributed by atoms with van der Waals surface area (Å²) in [5, 5.41) is 12.3. The molecule has 0 atom stereocenters. The van der Waals surface area contributed by atoms with Crippen LogP contribution in [0, 0.1) is 5.92 Å². The van der Waals surface area contributed by atoms with Crippen molar-refractivity contribution >= 4 is 17.0 Å². The standard InChI is InChI=1S/C27H29N7/c28-21-7-3-6-19-9-25(32-24(19)10-21)27-22-11-23(31-16-26(22)33-34-27)20-8-18(14-30-15-20)13-29-12-17-4-1-2-5-17/h3,6-9,11,14-17,29,32H,1-2,4-5,10,12-13,28H2,(H,33,34). The normalized spacial score (nSPS) is 16.1. The van der Waals surface area contributed by atoms with E-state index in [0.29, 0.717) is 6.42 Å². The molecule has 0 saturated heterocycles. The molecule has 1 saturated carbocycles. The lowest BCUT2D eigenvalue weighted by Gasteiger charge is -2.11. The second-order valence-electron chi connectivity index (χ2n) is 9.44. The van der Waals surface area contributed by atoms with E-state index in [4.69, 9.17) is 5.73 Å². The van der Waals surface area contributed by atoms with Gasteiger partial charge in [0.15, 0.2) is 0 Å². The smallest absolute Gasteiger partial charge is 0.116 e. The molecule has 1 fully saturated rings. The molecule has 0 bridgehead atoms. The van der Waals surface area contributed by atoms with Crippen molar-refractivity contribution in [3.05, 3.63) is 71.5 Å². The quantitative estimate of drug-likeness (QED) is 0.340. The molecule has 0 radical (unpaired) electrons. The van der Waals surface area contributed by atoms with Crippen molar-refractivity contribution in [1.29, 1.82) is 0 Å². The summed E-state index contributed by atoms with van der Waals surface area (Å²) < 4.78 is 0. The van der Waals surface area contributed by atoms with E-state index in [1.807, 2.05) is 30.7 Å². The Bertz CT molecular complexity index is 1390. The molecule has 34 heavy (non-hydrogen) atoms. The minimum absolute atomic E-state index is 0.699. The van der Waals surface area contributed by atoms with Gasteiger partial charge in [0.1, 0.15) is 5.69 Å². The van der Waals surface area contributed by atoms with E-state index in [2.05, 4.69) is 54.7 Å². The number of hydrogen-bond donors (Lipinski definition) is 4. The van der Waals surface area contributed by atoms with Gasteiger partial charge < -0.3 is 16.0 Å². The molecule has 7 nitrogen and oxygen atoms in total. The van der Waals surface area contributed by atoms with Crippen molar-refractivity contribution in [3.8, 4) is 22.6 Å². The molecule has 0 spiro atoms. The summed E-state index contributed by atoms with van der Waals surface area (Å²) in [5.74, 6) is 0.825. The van der Waals surface area contributed by atoms with Crippen LogP contribution < -0.4 is 11.1 Å². The number of fused-ring (bicyclic) bond motifs is 2. The summed E-state index contributed by atoms with van der Waals surface area (Å²) in [6.45, 7) is 1.92. The molecule has 2 aliphatic carbocycles. The largest absolute Gasteiger partial charge is 0.402 e. The van der Waals surface area contributed by atoms with Crippen molar-refractivity contribution in [3.63, 3.8) is 0 Å². The maximum Gasteiger partial charge on any atom is 0.116 e. The highest BCUT2D eigenvalue weighted by molar-refractivity contribution is 5.94. The van der Waals surface area contributed by atoms with Crippen molar-refractivity contribution in [2.75, 3.05) is 6.54 Å². The highest BCUT2D eigenvalue weighted by Gasteiger charge is 2.17. The number of allylic oxidation sites excluding steroid dienone is 3. The third-order valence-corrected chi connectivity index (χ3v) is 6.93. The van der Waals surface area contributed by atoms with E-state index in [1.54, 1.807) is 0 Å². The van der Waals surface area contributed by atoms with Crippen LogP contribution in [0.5, 0.6) is 0 Å². The zero-order valence-electron chi connectivity index (χ0n) is 19.1. The van der Waals surface area contributed by atoms with Gasteiger partial charge in [-0.1, -0.05) is 25.0 Å². The van der Waals surface area contributed by atoms with Gasteiger partial charge in [-0.25, -0.2) is 0 Å². The van der Waals surface area contributed by atoms with Crippen molar-refractivity contribution in [2.45, 2.75) is 38.6 Å². The molecular formula is C27H29N7. The lowest BCUT2D eigenvalue weighted by atomic mass is 10.1. The first-order valence-corrected chi connectivity index (χ1v) is 12.1. The Kier molecular flexibility index (Phi) is 5.47. The fourth-order valence-electron chi connectivity index (χ4n) is 5.11. The van der Waals surface area contributed by atoms with Crippen molar-refractivity contribution in [2.24, 2.45) is 11.7 Å². The fraction of sp³-hybridized carbons (Fsp3) is 0.296.